The molecule has 0 saturated carbocycles. The molecule has 3 aromatic rings. The zero-order chi connectivity index (χ0) is 16.2. The van der Waals surface area contributed by atoms with Crippen molar-refractivity contribution in [2.24, 2.45) is 0 Å². The summed E-state index contributed by atoms with van der Waals surface area (Å²) in [5.74, 6) is -0.122. The topological polar surface area (TPSA) is 53.4 Å². The zero-order valence-corrected chi connectivity index (χ0v) is 12.7. The molecule has 0 spiro atoms. The number of carboxylic acids is 1. The van der Waals surface area contributed by atoms with Crippen LogP contribution in [0.4, 0.5) is 11.5 Å². The Morgan fingerprint density at radius 2 is 1.91 bits per heavy atom. The first-order valence-corrected chi connectivity index (χ1v) is 7.24. The second kappa shape index (κ2) is 6.32. The number of carbonyl (C=O) groups is 1. The summed E-state index contributed by atoms with van der Waals surface area (Å²) in [6.07, 6.45) is 2.71. The maximum atomic E-state index is 10.6. The van der Waals surface area contributed by atoms with Gasteiger partial charge in [0.2, 0.25) is 0 Å². The molecule has 23 heavy (non-hydrogen) atoms. The smallest absolute Gasteiger partial charge is 0.328 e. The summed E-state index contributed by atoms with van der Waals surface area (Å²) >= 11 is 0. The van der Waals surface area contributed by atoms with E-state index in [4.69, 9.17) is 5.11 Å². The normalized spacial score (nSPS) is 11.0. The molecule has 2 aromatic carbocycles. The van der Waals surface area contributed by atoms with E-state index in [0.717, 1.165) is 34.0 Å². The monoisotopic (exact) mass is 304 g/mol. The predicted octanol–water partition coefficient (Wildman–Crippen LogP) is 4.10. The van der Waals surface area contributed by atoms with Crippen LogP contribution in [-0.4, -0.2) is 23.1 Å². The standard InChI is InChI=1S/C19H16N2O2/c1-21(16-7-4-5-14(13-16)9-12-19(22)23)18-11-10-15-6-2-3-8-17(15)20-18/h2-13H,1H3,(H,22,23)/b12-9+. The lowest BCUT2D eigenvalue weighted by Crippen LogP contribution is -2.11. The highest BCUT2D eigenvalue weighted by atomic mass is 16.4. The lowest BCUT2D eigenvalue weighted by Gasteiger charge is -2.19. The number of nitrogens with zero attached hydrogens (tertiary/aromatic N) is 2. The maximum Gasteiger partial charge on any atom is 0.328 e. The summed E-state index contributed by atoms with van der Waals surface area (Å²) in [6.45, 7) is 0. The number of pyridine rings is 1. The second-order valence-electron chi connectivity index (χ2n) is 5.19. The Kier molecular flexibility index (Phi) is 4.06. The Morgan fingerprint density at radius 3 is 2.74 bits per heavy atom. The number of carboxylic acid groups (broad SMARTS) is 1. The van der Waals surface area contributed by atoms with Gasteiger partial charge in [0.25, 0.3) is 0 Å². The van der Waals surface area contributed by atoms with Crippen LogP contribution in [0.1, 0.15) is 5.56 Å². The summed E-state index contributed by atoms with van der Waals surface area (Å²) in [5, 5.41) is 9.82. The van der Waals surface area contributed by atoms with Gasteiger partial charge in [-0.2, -0.15) is 0 Å². The van der Waals surface area contributed by atoms with Crippen LogP contribution in [0, 0.1) is 0 Å². The molecule has 0 aliphatic rings. The number of aromatic nitrogens is 1. The predicted molar refractivity (Wildman–Crippen MR) is 92.9 cm³/mol. The highest BCUT2D eigenvalue weighted by molar-refractivity contribution is 5.85. The minimum atomic E-state index is -0.958. The molecule has 0 aliphatic carbocycles. The number of benzene rings is 2. The van der Waals surface area contributed by atoms with Gasteiger partial charge < -0.3 is 10.0 Å². The lowest BCUT2D eigenvalue weighted by molar-refractivity contribution is -0.131. The molecule has 0 radical (unpaired) electrons. The van der Waals surface area contributed by atoms with Crippen molar-refractivity contribution >= 4 is 34.5 Å². The van der Waals surface area contributed by atoms with Crippen molar-refractivity contribution < 1.29 is 9.90 Å². The fourth-order valence-corrected chi connectivity index (χ4v) is 2.38. The molecule has 0 unspecified atom stereocenters. The molecule has 0 amide bonds. The van der Waals surface area contributed by atoms with E-state index in [1.165, 1.54) is 0 Å². The number of para-hydroxylation sites is 1. The van der Waals surface area contributed by atoms with E-state index in [0.29, 0.717) is 0 Å². The summed E-state index contributed by atoms with van der Waals surface area (Å²) in [7, 11) is 1.94. The van der Waals surface area contributed by atoms with Crippen molar-refractivity contribution in [3.63, 3.8) is 0 Å². The van der Waals surface area contributed by atoms with Gasteiger partial charge in [0, 0.05) is 24.2 Å². The van der Waals surface area contributed by atoms with Gasteiger partial charge in [0.15, 0.2) is 0 Å². The Labute approximate surface area is 134 Å². The Bertz CT molecular complexity index is 887. The number of hydrogen-bond acceptors (Lipinski definition) is 3. The van der Waals surface area contributed by atoms with E-state index in [2.05, 4.69) is 4.98 Å². The molecule has 4 heteroatoms. The van der Waals surface area contributed by atoms with Gasteiger partial charge in [-0.25, -0.2) is 9.78 Å². The van der Waals surface area contributed by atoms with E-state index in [9.17, 15) is 4.79 Å². The maximum absolute atomic E-state index is 10.6. The first-order chi connectivity index (χ1) is 11.1. The highest BCUT2D eigenvalue weighted by Crippen LogP contribution is 2.25. The molecular weight excluding hydrogens is 288 g/mol. The molecule has 1 N–H and O–H groups in total. The fourth-order valence-electron chi connectivity index (χ4n) is 2.38. The van der Waals surface area contributed by atoms with Crippen LogP contribution in [-0.2, 0) is 4.79 Å². The molecule has 0 aliphatic heterocycles. The third-order valence-corrected chi connectivity index (χ3v) is 3.60. The quantitative estimate of drug-likeness (QED) is 0.737. The lowest BCUT2D eigenvalue weighted by atomic mass is 10.1. The van der Waals surface area contributed by atoms with Crippen LogP contribution < -0.4 is 4.90 Å². The van der Waals surface area contributed by atoms with Gasteiger partial charge >= 0.3 is 5.97 Å². The summed E-state index contributed by atoms with van der Waals surface area (Å²) in [4.78, 5) is 17.3. The average Bonchev–Trinajstić information content (AvgIpc) is 2.59. The minimum absolute atomic E-state index is 0.831. The molecule has 0 saturated heterocycles. The molecular formula is C19H16N2O2. The molecule has 114 valence electrons. The molecule has 4 nitrogen and oxygen atoms in total. The Balaban J connectivity index is 1.93. The van der Waals surface area contributed by atoms with Crippen LogP contribution in [0.15, 0.2) is 66.7 Å². The molecule has 3 rings (SSSR count). The third-order valence-electron chi connectivity index (χ3n) is 3.60. The van der Waals surface area contributed by atoms with E-state index >= 15 is 0 Å². The second-order valence-corrected chi connectivity index (χ2v) is 5.19. The third kappa shape index (κ3) is 3.37. The first-order valence-electron chi connectivity index (χ1n) is 7.24. The van der Waals surface area contributed by atoms with Crippen LogP contribution in [0.3, 0.4) is 0 Å². The summed E-state index contributed by atoms with van der Waals surface area (Å²) < 4.78 is 0. The number of fused-ring (bicyclic) bond motifs is 1. The van der Waals surface area contributed by atoms with Crippen molar-refractivity contribution in [1.82, 2.24) is 4.98 Å². The van der Waals surface area contributed by atoms with Crippen LogP contribution in [0.2, 0.25) is 0 Å². The Hall–Kier alpha value is -3.14. The number of anilines is 2. The van der Waals surface area contributed by atoms with Gasteiger partial charge in [0.1, 0.15) is 5.82 Å². The van der Waals surface area contributed by atoms with Crippen LogP contribution in [0.25, 0.3) is 17.0 Å². The van der Waals surface area contributed by atoms with Gasteiger partial charge in [-0.15, -0.1) is 0 Å². The van der Waals surface area contributed by atoms with Crippen LogP contribution in [0.5, 0.6) is 0 Å². The average molecular weight is 304 g/mol. The highest BCUT2D eigenvalue weighted by Gasteiger charge is 2.06. The number of hydrogen-bond donors (Lipinski definition) is 1. The van der Waals surface area contributed by atoms with Gasteiger partial charge in [-0.3, -0.25) is 0 Å². The summed E-state index contributed by atoms with van der Waals surface area (Å²) in [5.41, 5.74) is 2.72. The van der Waals surface area contributed by atoms with Gasteiger partial charge in [-0.1, -0.05) is 30.3 Å². The van der Waals surface area contributed by atoms with E-state index in [1.54, 1.807) is 6.08 Å². The van der Waals surface area contributed by atoms with Crippen LogP contribution >= 0.6 is 0 Å². The zero-order valence-electron chi connectivity index (χ0n) is 12.7. The molecule has 1 heterocycles. The molecule has 0 bridgehead atoms. The number of aliphatic carboxylic acids is 1. The van der Waals surface area contributed by atoms with Crippen molar-refractivity contribution in [2.45, 2.75) is 0 Å². The summed E-state index contributed by atoms with van der Waals surface area (Å²) in [6, 6.07) is 19.7. The fraction of sp³-hybridized carbons (Fsp3) is 0.0526. The largest absolute Gasteiger partial charge is 0.478 e. The van der Waals surface area contributed by atoms with Gasteiger partial charge in [-0.05, 0) is 42.0 Å². The van der Waals surface area contributed by atoms with E-state index in [-0.39, 0.29) is 0 Å². The van der Waals surface area contributed by atoms with E-state index < -0.39 is 5.97 Å². The SMILES string of the molecule is CN(c1cccc(/C=C/C(=O)O)c1)c1ccc2ccccc2n1. The molecule has 1 aromatic heterocycles. The van der Waals surface area contributed by atoms with Gasteiger partial charge in [0.05, 0.1) is 5.52 Å². The molecule has 0 atom stereocenters. The minimum Gasteiger partial charge on any atom is -0.478 e. The van der Waals surface area contributed by atoms with Crippen molar-refractivity contribution in [3.05, 3.63) is 72.3 Å². The van der Waals surface area contributed by atoms with E-state index in [1.807, 2.05) is 72.6 Å². The Morgan fingerprint density at radius 1 is 1.09 bits per heavy atom. The number of rotatable bonds is 4. The van der Waals surface area contributed by atoms with Crippen molar-refractivity contribution in [1.29, 1.82) is 0 Å². The first kappa shape index (κ1) is 14.8. The van der Waals surface area contributed by atoms with Crippen molar-refractivity contribution in [2.75, 3.05) is 11.9 Å². The molecule has 0 fully saturated rings. The van der Waals surface area contributed by atoms with Crippen molar-refractivity contribution in [3.8, 4) is 0 Å².